The molecule has 0 unspecified atom stereocenters. The molecule has 2 heterocycles. The van der Waals surface area contributed by atoms with Crippen LogP contribution in [0.2, 0.25) is 5.02 Å². The topological polar surface area (TPSA) is 53.9 Å². The van der Waals surface area contributed by atoms with E-state index in [0.29, 0.717) is 11.0 Å². The average molecular weight is 354 g/mol. The van der Waals surface area contributed by atoms with E-state index in [-0.39, 0.29) is 0 Å². The number of halogens is 1. The van der Waals surface area contributed by atoms with E-state index in [1.807, 2.05) is 68.8 Å². The normalized spacial score (nSPS) is 10.5. The molecule has 3 aromatic rings. The summed E-state index contributed by atoms with van der Waals surface area (Å²) in [5.41, 5.74) is 3.07. The van der Waals surface area contributed by atoms with Gasteiger partial charge in [0.1, 0.15) is 5.82 Å². The van der Waals surface area contributed by atoms with Crippen molar-refractivity contribution in [1.82, 2.24) is 15.0 Å². The summed E-state index contributed by atoms with van der Waals surface area (Å²) >= 11 is 5.92. The van der Waals surface area contributed by atoms with Crippen LogP contribution in [0.25, 0.3) is 0 Å². The van der Waals surface area contributed by atoms with E-state index in [4.69, 9.17) is 11.6 Å². The molecule has 1 N–H and O–H groups in total. The number of anilines is 3. The number of hydrogen-bond acceptors (Lipinski definition) is 5. The lowest BCUT2D eigenvalue weighted by atomic mass is 10.2. The van der Waals surface area contributed by atoms with Crippen LogP contribution in [0, 0.1) is 6.92 Å². The number of nitrogens with zero attached hydrogens (tertiary/aromatic N) is 4. The lowest BCUT2D eigenvalue weighted by molar-refractivity contribution is 0.853. The van der Waals surface area contributed by atoms with Gasteiger partial charge in [-0.15, -0.1) is 0 Å². The fraction of sp³-hybridized carbons (Fsp3) is 0.211. The average Bonchev–Trinajstić information content (AvgIpc) is 2.62. The van der Waals surface area contributed by atoms with Gasteiger partial charge in [-0.1, -0.05) is 11.6 Å². The van der Waals surface area contributed by atoms with Gasteiger partial charge < -0.3 is 10.2 Å². The summed E-state index contributed by atoms with van der Waals surface area (Å²) in [6.07, 6.45) is 4.57. The molecule has 0 aliphatic heterocycles. The molecule has 0 aliphatic rings. The van der Waals surface area contributed by atoms with Crippen molar-refractivity contribution >= 4 is 29.1 Å². The molecule has 0 fully saturated rings. The zero-order valence-corrected chi connectivity index (χ0v) is 15.0. The van der Waals surface area contributed by atoms with Gasteiger partial charge in [-0.05, 0) is 55.3 Å². The van der Waals surface area contributed by atoms with Crippen LogP contribution >= 0.6 is 11.6 Å². The molecule has 1 aromatic carbocycles. The standard InChI is InChI=1S/C19H20ClN5/c1-14-13-18(25(2)12-9-15-7-10-21-11-8-15)24-19(22-14)23-17-5-3-16(20)4-6-17/h3-8,10-11,13H,9,12H2,1-2H3,(H,22,23,24). The molecule has 128 valence electrons. The maximum absolute atomic E-state index is 5.92. The molecule has 0 aliphatic carbocycles. The maximum atomic E-state index is 5.92. The van der Waals surface area contributed by atoms with Gasteiger partial charge in [-0.25, -0.2) is 4.98 Å². The van der Waals surface area contributed by atoms with E-state index < -0.39 is 0 Å². The van der Waals surface area contributed by atoms with Crippen molar-refractivity contribution in [3.05, 3.63) is 71.1 Å². The van der Waals surface area contributed by atoms with Crippen molar-refractivity contribution in [2.75, 3.05) is 23.8 Å². The van der Waals surface area contributed by atoms with Crippen molar-refractivity contribution in [2.45, 2.75) is 13.3 Å². The second-order valence-corrected chi connectivity index (χ2v) is 6.29. The van der Waals surface area contributed by atoms with Crippen LogP contribution in [0.4, 0.5) is 17.5 Å². The highest BCUT2D eigenvalue weighted by Crippen LogP contribution is 2.19. The van der Waals surface area contributed by atoms with Gasteiger partial charge >= 0.3 is 0 Å². The van der Waals surface area contributed by atoms with Gasteiger partial charge in [-0.3, -0.25) is 4.98 Å². The molecule has 3 rings (SSSR count). The maximum Gasteiger partial charge on any atom is 0.229 e. The minimum absolute atomic E-state index is 0.577. The summed E-state index contributed by atoms with van der Waals surface area (Å²) in [7, 11) is 2.04. The minimum Gasteiger partial charge on any atom is -0.359 e. The Morgan fingerprint density at radius 1 is 1.04 bits per heavy atom. The van der Waals surface area contributed by atoms with Crippen LogP contribution in [-0.4, -0.2) is 28.5 Å². The van der Waals surface area contributed by atoms with Gasteiger partial charge in [0.25, 0.3) is 0 Å². The number of pyridine rings is 1. The summed E-state index contributed by atoms with van der Waals surface area (Å²) in [4.78, 5) is 15.3. The minimum atomic E-state index is 0.577. The largest absolute Gasteiger partial charge is 0.359 e. The fourth-order valence-corrected chi connectivity index (χ4v) is 2.55. The van der Waals surface area contributed by atoms with Crippen molar-refractivity contribution in [1.29, 1.82) is 0 Å². The highest BCUT2D eigenvalue weighted by Gasteiger charge is 2.08. The molecule has 0 spiro atoms. The second kappa shape index (κ2) is 7.94. The lowest BCUT2D eigenvalue weighted by Crippen LogP contribution is -2.22. The summed E-state index contributed by atoms with van der Waals surface area (Å²) in [5, 5.41) is 3.93. The SMILES string of the molecule is Cc1cc(N(C)CCc2ccncc2)nc(Nc2ccc(Cl)cc2)n1. The smallest absolute Gasteiger partial charge is 0.229 e. The third-order valence-electron chi connectivity index (χ3n) is 3.82. The molecule has 0 saturated carbocycles. The Labute approximate surface area is 152 Å². The quantitative estimate of drug-likeness (QED) is 0.717. The number of nitrogens with one attached hydrogen (secondary N) is 1. The third-order valence-corrected chi connectivity index (χ3v) is 4.07. The van der Waals surface area contributed by atoms with Crippen molar-refractivity contribution in [3.63, 3.8) is 0 Å². The van der Waals surface area contributed by atoms with Gasteiger partial charge in [0.05, 0.1) is 0 Å². The zero-order valence-electron chi connectivity index (χ0n) is 14.3. The molecule has 0 atom stereocenters. The number of likely N-dealkylation sites (N-methyl/N-ethyl adjacent to an activating group) is 1. The highest BCUT2D eigenvalue weighted by molar-refractivity contribution is 6.30. The first-order valence-corrected chi connectivity index (χ1v) is 8.46. The molecule has 0 radical (unpaired) electrons. The third kappa shape index (κ3) is 4.90. The molecule has 25 heavy (non-hydrogen) atoms. The van der Waals surface area contributed by atoms with Gasteiger partial charge in [-0.2, -0.15) is 4.98 Å². The van der Waals surface area contributed by atoms with E-state index in [1.165, 1.54) is 5.56 Å². The molecule has 6 heteroatoms. The number of benzene rings is 1. The molecule has 5 nitrogen and oxygen atoms in total. The zero-order chi connectivity index (χ0) is 17.6. The first-order valence-electron chi connectivity index (χ1n) is 8.08. The molecule has 0 bridgehead atoms. The Kier molecular flexibility index (Phi) is 5.46. The van der Waals surface area contributed by atoms with Crippen molar-refractivity contribution in [2.24, 2.45) is 0 Å². The summed E-state index contributed by atoms with van der Waals surface area (Å²) < 4.78 is 0. The predicted molar refractivity (Wildman–Crippen MR) is 103 cm³/mol. The molecule has 2 aromatic heterocycles. The molecular weight excluding hydrogens is 334 g/mol. The van der Waals surface area contributed by atoms with Crippen LogP contribution in [0.5, 0.6) is 0 Å². The first-order chi connectivity index (χ1) is 12.1. The van der Waals surface area contributed by atoms with E-state index in [2.05, 4.69) is 25.2 Å². The molecule has 0 saturated heterocycles. The van der Waals surface area contributed by atoms with Crippen LogP contribution in [-0.2, 0) is 6.42 Å². The monoisotopic (exact) mass is 353 g/mol. The number of aryl methyl sites for hydroxylation is 1. The summed E-state index contributed by atoms with van der Waals surface area (Å²) in [6.45, 7) is 2.83. The Balaban J connectivity index is 1.70. The van der Waals surface area contributed by atoms with Crippen LogP contribution in [0.1, 0.15) is 11.3 Å². The lowest BCUT2D eigenvalue weighted by Gasteiger charge is -2.19. The highest BCUT2D eigenvalue weighted by atomic mass is 35.5. The van der Waals surface area contributed by atoms with Gasteiger partial charge in [0.15, 0.2) is 0 Å². The van der Waals surface area contributed by atoms with E-state index in [9.17, 15) is 0 Å². The molecular formula is C19H20ClN5. The second-order valence-electron chi connectivity index (χ2n) is 5.85. The Hall–Kier alpha value is -2.66. The number of rotatable bonds is 6. The Morgan fingerprint density at radius 3 is 2.48 bits per heavy atom. The van der Waals surface area contributed by atoms with E-state index in [1.54, 1.807) is 0 Å². The summed E-state index contributed by atoms with van der Waals surface area (Å²) in [5.74, 6) is 1.46. The van der Waals surface area contributed by atoms with Crippen LogP contribution in [0.15, 0.2) is 54.9 Å². The number of aromatic nitrogens is 3. The first kappa shape index (κ1) is 17.2. The van der Waals surface area contributed by atoms with Crippen molar-refractivity contribution in [3.8, 4) is 0 Å². The summed E-state index contributed by atoms with van der Waals surface area (Å²) in [6, 6.07) is 13.5. The van der Waals surface area contributed by atoms with E-state index in [0.717, 1.165) is 30.2 Å². The van der Waals surface area contributed by atoms with Gasteiger partial charge in [0, 0.05) is 48.5 Å². The van der Waals surface area contributed by atoms with Crippen LogP contribution in [0.3, 0.4) is 0 Å². The Morgan fingerprint density at radius 2 is 1.76 bits per heavy atom. The molecule has 0 amide bonds. The predicted octanol–water partition coefficient (Wildman–Crippen LogP) is 4.26. The number of hydrogen-bond donors (Lipinski definition) is 1. The fourth-order valence-electron chi connectivity index (χ4n) is 2.43. The van der Waals surface area contributed by atoms with Gasteiger partial charge in [0.2, 0.25) is 5.95 Å². The van der Waals surface area contributed by atoms with Crippen molar-refractivity contribution < 1.29 is 0 Å². The van der Waals surface area contributed by atoms with Crippen LogP contribution < -0.4 is 10.2 Å². The van der Waals surface area contributed by atoms with E-state index >= 15 is 0 Å². The Bertz CT molecular complexity index is 821.